The molecule has 2 aromatic rings. The smallest absolute Gasteiger partial charge is 0.228 e. The van der Waals surface area contributed by atoms with E-state index in [4.69, 9.17) is 23.2 Å². The first-order valence-corrected chi connectivity index (χ1v) is 7.27. The summed E-state index contributed by atoms with van der Waals surface area (Å²) in [5.74, 6) is -0.0636. The molecule has 2 aromatic carbocycles. The first-order chi connectivity index (χ1) is 9.94. The molecule has 1 amide bonds. The van der Waals surface area contributed by atoms with Gasteiger partial charge in [-0.3, -0.25) is 4.79 Å². The molecule has 1 heterocycles. The molecule has 3 rings (SSSR count). The molecule has 0 fully saturated rings. The topological polar surface area (TPSA) is 49.3 Å². The van der Waals surface area contributed by atoms with Gasteiger partial charge < -0.3 is 10.4 Å². The standard InChI is InChI=1S/C16H13Cl2NO2/c1-8-2-10(4-11(17)3-8)16(21)12-5-9-6-15(20)19-14(9)7-13(12)18/h2-5,7,16,21H,6H2,1H3,(H,19,20). The highest BCUT2D eigenvalue weighted by Gasteiger charge is 2.23. The average molecular weight is 322 g/mol. The number of aryl methyl sites for hydroxylation is 1. The number of nitrogens with one attached hydrogen (secondary N) is 1. The fourth-order valence-corrected chi connectivity index (χ4v) is 3.14. The van der Waals surface area contributed by atoms with Crippen LogP contribution in [0.3, 0.4) is 0 Å². The molecule has 0 aliphatic carbocycles. The van der Waals surface area contributed by atoms with Gasteiger partial charge in [-0.1, -0.05) is 29.3 Å². The second-order valence-corrected chi connectivity index (χ2v) is 6.06. The van der Waals surface area contributed by atoms with Crippen LogP contribution in [0.1, 0.15) is 28.4 Å². The number of carbonyl (C=O) groups excluding carboxylic acids is 1. The number of carbonyl (C=O) groups is 1. The Kier molecular flexibility index (Phi) is 3.66. The summed E-state index contributed by atoms with van der Waals surface area (Å²) < 4.78 is 0. The lowest BCUT2D eigenvalue weighted by Crippen LogP contribution is -2.03. The minimum absolute atomic E-state index is 0.0636. The third-order valence-electron chi connectivity index (χ3n) is 3.52. The lowest BCUT2D eigenvalue weighted by atomic mass is 9.97. The zero-order valence-electron chi connectivity index (χ0n) is 11.3. The molecule has 1 atom stereocenters. The lowest BCUT2D eigenvalue weighted by Gasteiger charge is -2.15. The van der Waals surface area contributed by atoms with Crippen molar-refractivity contribution in [3.8, 4) is 0 Å². The van der Waals surface area contributed by atoms with Crippen LogP contribution in [0.5, 0.6) is 0 Å². The largest absolute Gasteiger partial charge is 0.384 e. The number of amides is 1. The van der Waals surface area contributed by atoms with E-state index in [1.165, 1.54) is 0 Å². The monoisotopic (exact) mass is 321 g/mol. The Hall–Kier alpha value is -1.55. The van der Waals surface area contributed by atoms with Crippen LogP contribution in [0, 0.1) is 6.92 Å². The van der Waals surface area contributed by atoms with Crippen LogP contribution in [0.25, 0.3) is 0 Å². The maximum absolute atomic E-state index is 11.4. The van der Waals surface area contributed by atoms with Gasteiger partial charge in [-0.05, 0) is 47.9 Å². The fraction of sp³-hybridized carbons (Fsp3) is 0.188. The average Bonchev–Trinajstić information content (AvgIpc) is 2.75. The Bertz CT molecular complexity index is 723. The Morgan fingerprint density at radius 3 is 2.67 bits per heavy atom. The quantitative estimate of drug-likeness (QED) is 0.881. The van der Waals surface area contributed by atoms with Gasteiger partial charge in [-0.25, -0.2) is 0 Å². The van der Waals surface area contributed by atoms with Crippen molar-refractivity contribution < 1.29 is 9.90 Å². The number of halogens is 2. The van der Waals surface area contributed by atoms with Crippen molar-refractivity contribution in [1.82, 2.24) is 0 Å². The molecule has 0 aromatic heterocycles. The minimum Gasteiger partial charge on any atom is -0.384 e. The summed E-state index contributed by atoms with van der Waals surface area (Å²) in [7, 11) is 0. The second kappa shape index (κ2) is 5.34. The molecule has 1 unspecified atom stereocenters. The SMILES string of the molecule is Cc1cc(Cl)cc(C(O)c2cc3c(cc2Cl)NC(=O)C3)c1. The van der Waals surface area contributed by atoms with Crippen molar-refractivity contribution >= 4 is 34.8 Å². The number of aliphatic hydroxyl groups excluding tert-OH is 1. The highest BCUT2D eigenvalue weighted by molar-refractivity contribution is 6.32. The van der Waals surface area contributed by atoms with Crippen molar-refractivity contribution in [1.29, 1.82) is 0 Å². The van der Waals surface area contributed by atoms with E-state index < -0.39 is 6.10 Å². The van der Waals surface area contributed by atoms with Crippen molar-refractivity contribution in [3.05, 3.63) is 62.6 Å². The predicted molar refractivity (Wildman–Crippen MR) is 84.0 cm³/mol. The van der Waals surface area contributed by atoms with Crippen LogP contribution in [0.4, 0.5) is 5.69 Å². The third-order valence-corrected chi connectivity index (χ3v) is 4.07. The lowest BCUT2D eigenvalue weighted by molar-refractivity contribution is -0.115. The van der Waals surface area contributed by atoms with E-state index in [-0.39, 0.29) is 5.91 Å². The van der Waals surface area contributed by atoms with E-state index in [9.17, 15) is 9.90 Å². The van der Waals surface area contributed by atoms with Gasteiger partial charge in [0.05, 0.1) is 6.42 Å². The zero-order valence-corrected chi connectivity index (χ0v) is 12.8. The van der Waals surface area contributed by atoms with Crippen molar-refractivity contribution in [2.45, 2.75) is 19.4 Å². The van der Waals surface area contributed by atoms with E-state index >= 15 is 0 Å². The Labute approximate surface area is 132 Å². The van der Waals surface area contributed by atoms with Crippen molar-refractivity contribution in [2.24, 2.45) is 0 Å². The van der Waals surface area contributed by atoms with Gasteiger partial charge in [0, 0.05) is 21.3 Å². The predicted octanol–water partition coefficient (Wildman–Crippen LogP) is 3.88. The Balaban J connectivity index is 2.04. The molecule has 5 heteroatoms. The Morgan fingerprint density at radius 1 is 1.19 bits per heavy atom. The van der Waals surface area contributed by atoms with Gasteiger partial charge in [0.25, 0.3) is 0 Å². The molecular weight excluding hydrogens is 309 g/mol. The number of rotatable bonds is 2. The maximum atomic E-state index is 11.4. The molecule has 0 radical (unpaired) electrons. The van der Waals surface area contributed by atoms with Gasteiger partial charge >= 0.3 is 0 Å². The molecule has 0 saturated carbocycles. The summed E-state index contributed by atoms with van der Waals surface area (Å²) >= 11 is 12.3. The number of hydrogen-bond donors (Lipinski definition) is 2. The molecule has 1 aliphatic rings. The van der Waals surface area contributed by atoms with Crippen LogP contribution < -0.4 is 5.32 Å². The molecule has 21 heavy (non-hydrogen) atoms. The van der Waals surface area contributed by atoms with Crippen molar-refractivity contribution in [3.63, 3.8) is 0 Å². The second-order valence-electron chi connectivity index (χ2n) is 5.22. The third kappa shape index (κ3) is 2.77. The number of fused-ring (bicyclic) bond motifs is 1. The van der Waals surface area contributed by atoms with E-state index in [0.717, 1.165) is 11.1 Å². The van der Waals surface area contributed by atoms with Gasteiger partial charge in [0.1, 0.15) is 6.10 Å². The molecule has 3 nitrogen and oxygen atoms in total. The summed E-state index contributed by atoms with van der Waals surface area (Å²) in [5.41, 5.74) is 3.78. The fourth-order valence-electron chi connectivity index (χ4n) is 2.58. The summed E-state index contributed by atoms with van der Waals surface area (Å²) in [4.78, 5) is 11.4. The molecule has 0 spiro atoms. The van der Waals surface area contributed by atoms with Crippen molar-refractivity contribution in [2.75, 3.05) is 5.32 Å². The summed E-state index contributed by atoms with van der Waals surface area (Å²) in [6.07, 6.45) is -0.572. The van der Waals surface area contributed by atoms with Crippen LogP contribution in [-0.2, 0) is 11.2 Å². The van der Waals surface area contributed by atoms with E-state index in [0.29, 0.717) is 33.3 Å². The van der Waals surface area contributed by atoms with Gasteiger partial charge in [-0.2, -0.15) is 0 Å². The number of anilines is 1. The number of aliphatic hydroxyl groups is 1. The van der Waals surface area contributed by atoms with E-state index in [2.05, 4.69) is 5.32 Å². The number of benzene rings is 2. The van der Waals surface area contributed by atoms with Gasteiger partial charge in [-0.15, -0.1) is 0 Å². The van der Waals surface area contributed by atoms with Crippen LogP contribution in [0.2, 0.25) is 10.0 Å². The summed E-state index contributed by atoms with van der Waals surface area (Å²) in [6, 6.07) is 8.86. The first-order valence-electron chi connectivity index (χ1n) is 6.51. The molecular formula is C16H13Cl2NO2. The molecule has 1 aliphatic heterocycles. The van der Waals surface area contributed by atoms with E-state index in [1.54, 1.807) is 18.2 Å². The highest BCUT2D eigenvalue weighted by Crippen LogP contribution is 2.35. The summed E-state index contributed by atoms with van der Waals surface area (Å²) in [6.45, 7) is 1.91. The molecule has 108 valence electrons. The van der Waals surface area contributed by atoms with Gasteiger partial charge in [0.15, 0.2) is 0 Å². The minimum atomic E-state index is -0.879. The van der Waals surface area contributed by atoms with Crippen LogP contribution in [-0.4, -0.2) is 11.0 Å². The zero-order chi connectivity index (χ0) is 15.1. The highest BCUT2D eigenvalue weighted by atomic mass is 35.5. The van der Waals surface area contributed by atoms with Crippen LogP contribution >= 0.6 is 23.2 Å². The normalized spacial score (nSPS) is 14.8. The Morgan fingerprint density at radius 2 is 1.95 bits per heavy atom. The molecule has 2 N–H and O–H groups in total. The molecule has 0 saturated heterocycles. The maximum Gasteiger partial charge on any atom is 0.228 e. The van der Waals surface area contributed by atoms with E-state index in [1.807, 2.05) is 19.1 Å². The molecule has 0 bridgehead atoms. The first kappa shape index (κ1) is 14.4. The van der Waals surface area contributed by atoms with Crippen LogP contribution in [0.15, 0.2) is 30.3 Å². The van der Waals surface area contributed by atoms with Gasteiger partial charge in [0.2, 0.25) is 5.91 Å². The number of hydrogen-bond acceptors (Lipinski definition) is 2. The summed E-state index contributed by atoms with van der Waals surface area (Å²) in [5, 5.41) is 14.3.